The molecule has 1 aliphatic rings. The minimum Gasteiger partial charge on any atom is -0.443 e. The number of Topliss-reactive ketones (excluding diaryl/α,β-unsaturated/α-hetero) is 1. The van der Waals surface area contributed by atoms with Crippen molar-refractivity contribution in [3.8, 4) is 6.07 Å². The van der Waals surface area contributed by atoms with Crippen LogP contribution in [0.3, 0.4) is 0 Å². The van der Waals surface area contributed by atoms with Crippen LogP contribution in [-0.2, 0) is 4.79 Å². The fourth-order valence-corrected chi connectivity index (χ4v) is 3.63. The molecule has 0 bridgehead atoms. The van der Waals surface area contributed by atoms with Crippen molar-refractivity contribution >= 4 is 29.4 Å². The maximum atomic E-state index is 13.1. The molecule has 0 saturated heterocycles. The van der Waals surface area contributed by atoms with Crippen molar-refractivity contribution in [2.45, 2.75) is 40.2 Å². The molecule has 8 nitrogen and oxygen atoms in total. The van der Waals surface area contributed by atoms with Crippen LogP contribution in [0.4, 0.5) is 5.88 Å². The number of nitrogens with one attached hydrogen (secondary N) is 1. The number of hydrogen-bond donors (Lipinski definition) is 1. The van der Waals surface area contributed by atoms with E-state index < -0.39 is 23.8 Å². The van der Waals surface area contributed by atoms with Gasteiger partial charge < -0.3 is 4.42 Å². The highest BCUT2D eigenvalue weighted by atomic mass is 16.4. The van der Waals surface area contributed by atoms with Gasteiger partial charge in [0.2, 0.25) is 11.8 Å². The number of carbonyl (C=O) groups excluding carboxylic acids is 4. The van der Waals surface area contributed by atoms with E-state index in [1.807, 2.05) is 19.9 Å². The van der Waals surface area contributed by atoms with Gasteiger partial charge in [-0.2, -0.15) is 5.26 Å². The molecule has 154 valence electrons. The summed E-state index contributed by atoms with van der Waals surface area (Å²) in [6.07, 6.45) is 0.221. The molecule has 3 amide bonds. The molecule has 0 saturated carbocycles. The third-order valence-electron chi connectivity index (χ3n) is 4.92. The maximum absolute atomic E-state index is 13.1. The summed E-state index contributed by atoms with van der Waals surface area (Å²) in [6, 6.07) is 7.17. The number of hydrogen-bond acceptors (Lipinski definition) is 6. The first-order valence-electron chi connectivity index (χ1n) is 9.49. The molecule has 0 fully saturated rings. The number of anilines is 1. The Balaban J connectivity index is 1.97. The van der Waals surface area contributed by atoms with E-state index in [0.29, 0.717) is 0 Å². The fraction of sp³-hybridized carbons (Fsp3) is 0.318. The van der Waals surface area contributed by atoms with Crippen molar-refractivity contribution in [1.82, 2.24) is 4.90 Å². The summed E-state index contributed by atoms with van der Waals surface area (Å²) in [5, 5.41) is 11.9. The van der Waals surface area contributed by atoms with Gasteiger partial charge in [0.1, 0.15) is 23.4 Å². The van der Waals surface area contributed by atoms with Gasteiger partial charge in [-0.15, -0.1) is 0 Å². The van der Waals surface area contributed by atoms with Crippen LogP contribution in [0.2, 0.25) is 0 Å². The average molecular weight is 407 g/mol. The molecular formula is C22H21N3O5. The maximum Gasteiger partial charge on any atom is 0.262 e. The molecule has 1 unspecified atom stereocenters. The van der Waals surface area contributed by atoms with Gasteiger partial charge in [-0.3, -0.25) is 29.4 Å². The first-order valence-corrected chi connectivity index (χ1v) is 9.49. The lowest BCUT2D eigenvalue weighted by atomic mass is 10.0. The molecule has 3 rings (SSSR count). The van der Waals surface area contributed by atoms with Gasteiger partial charge in [0.25, 0.3) is 11.8 Å². The Kier molecular flexibility index (Phi) is 5.56. The van der Waals surface area contributed by atoms with Crippen LogP contribution in [0.25, 0.3) is 0 Å². The molecule has 2 heterocycles. The average Bonchev–Trinajstić information content (AvgIpc) is 3.13. The Labute approximate surface area is 173 Å². The Hall–Kier alpha value is -3.73. The van der Waals surface area contributed by atoms with Crippen molar-refractivity contribution in [2.24, 2.45) is 5.92 Å². The van der Waals surface area contributed by atoms with Gasteiger partial charge in [0.15, 0.2) is 5.78 Å². The van der Waals surface area contributed by atoms with Gasteiger partial charge >= 0.3 is 0 Å². The lowest BCUT2D eigenvalue weighted by Crippen LogP contribution is -2.48. The summed E-state index contributed by atoms with van der Waals surface area (Å²) >= 11 is 0. The van der Waals surface area contributed by atoms with E-state index >= 15 is 0 Å². The second-order valence-electron chi connectivity index (χ2n) is 7.57. The van der Waals surface area contributed by atoms with Crippen LogP contribution in [0.15, 0.2) is 28.7 Å². The molecule has 0 radical (unpaired) electrons. The Morgan fingerprint density at radius 1 is 1.17 bits per heavy atom. The minimum absolute atomic E-state index is 0.00776. The summed E-state index contributed by atoms with van der Waals surface area (Å²) in [6.45, 7) is 6.54. The van der Waals surface area contributed by atoms with Gasteiger partial charge in [0.05, 0.1) is 16.7 Å². The van der Waals surface area contributed by atoms with Crippen molar-refractivity contribution in [3.63, 3.8) is 0 Å². The topological polar surface area (TPSA) is 120 Å². The minimum atomic E-state index is -1.10. The van der Waals surface area contributed by atoms with E-state index in [0.717, 1.165) is 4.90 Å². The SMILES string of the molecule is CC(=O)c1c(C)oc(NC(=O)C(CC(C)C)N2C(=O)c3ccccc3C2=O)c1C#N. The quantitative estimate of drug-likeness (QED) is 0.579. The van der Waals surface area contributed by atoms with E-state index in [1.165, 1.54) is 13.8 Å². The van der Waals surface area contributed by atoms with E-state index in [4.69, 9.17) is 4.42 Å². The van der Waals surface area contributed by atoms with Crippen LogP contribution in [0.5, 0.6) is 0 Å². The number of nitriles is 1. The molecule has 0 aliphatic carbocycles. The number of amides is 3. The Bertz CT molecular complexity index is 1070. The number of imide groups is 1. The van der Waals surface area contributed by atoms with Crippen LogP contribution in [0, 0.1) is 24.2 Å². The normalized spacial score (nSPS) is 13.9. The number of fused-ring (bicyclic) bond motifs is 1. The summed E-state index contributed by atoms with van der Waals surface area (Å²) in [5.74, 6) is -2.10. The molecule has 1 N–H and O–H groups in total. The Morgan fingerprint density at radius 2 is 1.73 bits per heavy atom. The molecule has 2 aromatic rings. The molecule has 0 spiro atoms. The second-order valence-corrected chi connectivity index (χ2v) is 7.57. The number of ketones is 1. The zero-order valence-electron chi connectivity index (χ0n) is 17.1. The summed E-state index contributed by atoms with van der Waals surface area (Å²) in [7, 11) is 0. The standard InChI is InChI=1S/C22H21N3O5/c1-11(2)9-17(25-21(28)14-7-5-6-8-15(14)22(25)29)19(27)24-20-16(10-23)18(12(3)26)13(4)30-20/h5-8,11,17H,9H2,1-4H3,(H,24,27). The molecule has 1 aromatic heterocycles. The number of benzene rings is 1. The smallest absolute Gasteiger partial charge is 0.262 e. The first kappa shape index (κ1) is 21.0. The molecule has 1 atom stereocenters. The number of aryl methyl sites for hydroxylation is 1. The van der Waals surface area contributed by atoms with Crippen LogP contribution in [-0.4, -0.2) is 34.4 Å². The van der Waals surface area contributed by atoms with E-state index in [2.05, 4.69) is 5.32 Å². The van der Waals surface area contributed by atoms with E-state index in [-0.39, 0.29) is 52.0 Å². The lowest BCUT2D eigenvalue weighted by molar-refractivity contribution is -0.120. The number of rotatable bonds is 6. The summed E-state index contributed by atoms with van der Waals surface area (Å²) in [5.41, 5.74) is 0.497. The number of nitrogens with zero attached hydrogens (tertiary/aromatic N) is 2. The number of carbonyl (C=O) groups is 4. The molecule has 30 heavy (non-hydrogen) atoms. The van der Waals surface area contributed by atoms with Crippen molar-refractivity contribution in [2.75, 3.05) is 5.32 Å². The van der Waals surface area contributed by atoms with Gasteiger partial charge in [-0.1, -0.05) is 26.0 Å². The molecule has 1 aromatic carbocycles. The van der Waals surface area contributed by atoms with Crippen LogP contribution < -0.4 is 5.32 Å². The predicted octanol–water partition coefficient (Wildman–Crippen LogP) is 3.31. The second kappa shape index (κ2) is 7.95. The molecular weight excluding hydrogens is 386 g/mol. The third-order valence-corrected chi connectivity index (χ3v) is 4.92. The zero-order chi connectivity index (χ0) is 22.2. The summed E-state index contributed by atoms with van der Waals surface area (Å²) < 4.78 is 5.44. The lowest BCUT2D eigenvalue weighted by Gasteiger charge is -2.26. The predicted molar refractivity (Wildman–Crippen MR) is 107 cm³/mol. The number of furan rings is 1. The zero-order valence-corrected chi connectivity index (χ0v) is 17.1. The highest BCUT2D eigenvalue weighted by Gasteiger charge is 2.43. The van der Waals surface area contributed by atoms with Gasteiger partial charge in [0, 0.05) is 0 Å². The highest BCUT2D eigenvalue weighted by Crippen LogP contribution is 2.30. The van der Waals surface area contributed by atoms with Gasteiger partial charge in [-0.05, 0) is 38.3 Å². The van der Waals surface area contributed by atoms with E-state index in [1.54, 1.807) is 24.3 Å². The van der Waals surface area contributed by atoms with Crippen LogP contribution >= 0.6 is 0 Å². The van der Waals surface area contributed by atoms with Crippen molar-refractivity contribution < 1.29 is 23.6 Å². The largest absolute Gasteiger partial charge is 0.443 e. The highest BCUT2D eigenvalue weighted by molar-refractivity contribution is 6.23. The molecule has 8 heteroatoms. The van der Waals surface area contributed by atoms with Crippen molar-refractivity contribution in [3.05, 3.63) is 52.3 Å². The van der Waals surface area contributed by atoms with Gasteiger partial charge in [-0.25, -0.2) is 0 Å². The fourth-order valence-electron chi connectivity index (χ4n) is 3.63. The third kappa shape index (κ3) is 3.50. The summed E-state index contributed by atoms with van der Waals surface area (Å²) in [4.78, 5) is 51.6. The van der Waals surface area contributed by atoms with E-state index in [9.17, 15) is 24.4 Å². The van der Waals surface area contributed by atoms with Crippen molar-refractivity contribution in [1.29, 1.82) is 5.26 Å². The molecule has 1 aliphatic heterocycles. The Morgan fingerprint density at radius 3 is 2.20 bits per heavy atom. The van der Waals surface area contributed by atoms with Crippen LogP contribution in [0.1, 0.15) is 69.6 Å². The first-order chi connectivity index (χ1) is 14.2. The monoisotopic (exact) mass is 407 g/mol.